The monoisotopic (exact) mass is 388 g/mol. The highest BCUT2D eigenvalue weighted by Crippen LogP contribution is 2.28. The Morgan fingerprint density at radius 2 is 2.07 bits per heavy atom. The van der Waals surface area contributed by atoms with Crippen molar-refractivity contribution in [3.05, 3.63) is 54.4 Å². The molecule has 0 atom stereocenters. The second kappa shape index (κ2) is 7.35. The van der Waals surface area contributed by atoms with E-state index in [9.17, 15) is 4.79 Å². The Labute approximate surface area is 169 Å². The quantitative estimate of drug-likeness (QED) is 0.497. The third kappa shape index (κ3) is 3.18. The molecule has 5 rings (SSSR count). The first-order chi connectivity index (χ1) is 14.2. The van der Waals surface area contributed by atoms with Gasteiger partial charge >= 0.3 is 0 Å². The largest absolute Gasteiger partial charge is 0.435 e. The zero-order chi connectivity index (χ0) is 19.8. The van der Waals surface area contributed by atoms with Crippen LogP contribution in [0.4, 0.5) is 0 Å². The highest BCUT2D eigenvalue weighted by Gasteiger charge is 2.25. The summed E-state index contributed by atoms with van der Waals surface area (Å²) in [5, 5.41) is 0. The SMILES string of the molecule is CCN(C(=O)c1ccc2oc(-c3cnc4ccccn34)nc2c1)C1CCCCC1. The summed E-state index contributed by atoms with van der Waals surface area (Å²) in [6.07, 6.45) is 9.59. The number of hydrogen-bond donors (Lipinski definition) is 0. The maximum atomic E-state index is 13.2. The van der Waals surface area contributed by atoms with Gasteiger partial charge in [-0.05, 0) is 50.1 Å². The number of benzene rings is 1. The van der Waals surface area contributed by atoms with Gasteiger partial charge in [-0.25, -0.2) is 9.97 Å². The van der Waals surface area contributed by atoms with E-state index in [-0.39, 0.29) is 5.91 Å². The molecule has 29 heavy (non-hydrogen) atoms. The van der Waals surface area contributed by atoms with Crippen molar-refractivity contribution in [3.63, 3.8) is 0 Å². The number of rotatable bonds is 4. The Bertz CT molecular complexity index is 1170. The number of carbonyl (C=O) groups is 1. The molecule has 0 aliphatic heterocycles. The average molecular weight is 388 g/mol. The molecule has 0 unspecified atom stereocenters. The Morgan fingerprint density at radius 3 is 2.90 bits per heavy atom. The fourth-order valence-electron chi connectivity index (χ4n) is 4.39. The van der Waals surface area contributed by atoms with Gasteiger partial charge in [-0.3, -0.25) is 9.20 Å². The number of nitrogens with zero attached hydrogens (tertiary/aromatic N) is 4. The van der Waals surface area contributed by atoms with Crippen LogP contribution < -0.4 is 0 Å². The number of aromatic nitrogens is 3. The number of imidazole rings is 1. The molecule has 0 radical (unpaired) electrons. The van der Waals surface area contributed by atoms with Crippen molar-refractivity contribution in [3.8, 4) is 11.6 Å². The van der Waals surface area contributed by atoms with Crippen LogP contribution in [0.1, 0.15) is 49.4 Å². The van der Waals surface area contributed by atoms with Crippen molar-refractivity contribution >= 4 is 22.7 Å². The first kappa shape index (κ1) is 17.9. The maximum absolute atomic E-state index is 13.2. The number of hydrogen-bond acceptors (Lipinski definition) is 4. The second-order valence-corrected chi connectivity index (χ2v) is 7.66. The van der Waals surface area contributed by atoms with E-state index in [2.05, 4.69) is 16.9 Å². The normalized spacial score (nSPS) is 15.2. The van der Waals surface area contributed by atoms with Crippen LogP contribution in [-0.4, -0.2) is 37.8 Å². The summed E-state index contributed by atoms with van der Waals surface area (Å²) in [6, 6.07) is 11.7. The van der Waals surface area contributed by atoms with Crippen LogP contribution in [0.15, 0.2) is 53.2 Å². The molecule has 6 heteroatoms. The first-order valence-electron chi connectivity index (χ1n) is 10.4. The smallest absolute Gasteiger partial charge is 0.254 e. The van der Waals surface area contributed by atoms with Gasteiger partial charge in [0.15, 0.2) is 5.58 Å². The molecule has 0 N–H and O–H groups in total. The molecule has 1 aromatic carbocycles. The van der Waals surface area contributed by atoms with E-state index in [1.165, 1.54) is 19.3 Å². The van der Waals surface area contributed by atoms with Crippen molar-refractivity contribution < 1.29 is 9.21 Å². The standard InChI is InChI=1S/C23H24N4O2/c1-2-26(17-8-4-3-5-9-17)23(28)16-11-12-20-18(14-16)25-22(29-20)19-15-24-21-10-6-7-13-27(19)21/h6-7,10-15,17H,2-5,8-9H2,1H3. The van der Waals surface area contributed by atoms with Crippen LogP contribution in [0.5, 0.6) is 0 Å². The highest BCUT2D eigenvalue weighted by molar-refractivity contribution is 5.97. The summed E-state index contributed by atoms with van der Waals surface area (Å²) in [4.78, 5) is 24.2. The van der Waals surface area contributed by atoms with E-state index in [1.807, 2.05) is 51.9 Å². The van der Waals surface area contributed by atoms with E-state index in [0.29, 0.717) is 28.6 Å². The number of pyridine rings is 1. The van der Waals surface area contributed by atoms with Crippen molar-refractivity contribution in [2.75, 3.05) is 6.54 Å². The minimum Gasteiger partial charge on any atom is -0.435 e. The van der Waals surface area contributed by atoms with Crippen LogP contribution in [-0.2, 0) is 0 Å². The van der Waals surface area contributed by atoms with Gasteiger partial charge in [-0.1, -0.05) is 25.3 Å². The third-order valence-electron chi connectivity index (χ3n) is 5.89. The highest BCUT2D eigenvalue weighted by atomic mass is 16.3. The summed E-state index contributed by atoms with van der Waals surface area (Å²) in [7, 11) is 0. The Kier molecular flexibility index (Phi) is 4.54. The number of carbonyl (C=O) groups excluding carboxylic acids is 1. The molecule has 1 amide bonds. The molecular formula is C23H24N4O2. The van der Waals surface area contributed by atoms with Crippen LogP contribution >= 0.6 is 0 Å². The first-order valence-corrected chi connectivity index (χ1v) is 10.4. The van der Waals surface area contributed by atoms with Gasteiger partial charge in [-0.15, -0.1) is 0 Å². The van der Waals surface area contributed by atoms with Crippen molar-refractivity contribution in [2.45, 2.75) is 45.1 Å². The van der Waals surface area contributed by atoms with Gasteiger partial charge in [0.25, 0.3) is 5.91 Å². The van der Waals surface area contributed by atoms with Gasteiger partial charge in [0.05, 0.1) is 6.20 Å². The molecule has 0 bridgehead atoms. The van der Waals surface area contributed by atoms with E-state index in [4.69, 9.17) is 4.42 Å². The van der Waals surface area contributed by atoms with E-state index in [0.717, 1.165) is 30.7 Å². The van der Waals surface area contributed by atoms with E-state index in [1.54, 1.807) is 6.20 Å². The van der Waals surface area contributed by atoms with E-state index < -0.39 is 0 Å². The van der Waals surface area contributed by atoms with Gasteiger partial charge in [0.1, 0.15) is 16.9 Å². The molecule has 6 nitrogen and oxygen atoms in total. The van der Waals surface area contributed by atoms with Crippen molar-refractivity contribution in [2.24, 2.45) is 0 Å². The molecular weight excluding hydrogens is 364 g/mol. The molecule has 4 aromatic rings. The van der Waals surface area contributed by atoms with Gasteiger partial charge < -0.3 is 9.32 Å². The van der Waals surface area contributed by atoms with E-state index >= 15 is 0 Å². The van der Waals surface area contributed by atoms with Crippen molar-refractivity contribution in [1.29, 1.82) is 0 Å². The lowest BCUT2D eigenvalue weighted by Gasteiger charge is -2.33. The summed E-state index contributed by atoms with van der Waals surface area (Å²) >= 11 is 0. The topological polar surface area (TPSA) is 63.6 Å². The minimum atomic E-state index is 0.0839. The van der Waals surface area contributed by atoms with Gasteiger partial charge in [0, 0.05) is 24.3 Å². The van der Waals surface area contributed by atoms with Gasteiger partial charge in [0.2, 0.25) is 5.89 Å². The van der Waals surface area contributed by atoms with Crippen molar-refractivity contribution in [1.82, 2.24) is 19.3 Å². The summed E-state index contributed by atoms with van der Waals surface area (Å²) < 4.78 is 7.90. The minimum absolute atomic E-state index is 0.0839. The lowest BCUT2D eigenvalue weighted by Crippen LogP contribution is -2.41. The van der Waals surface area contributed by atoms with Crippen LogP contribution in [0.3, 0.4) is 0 Å². The Hall–Kier alpha value is -3.15. The molecule has 0 spiro atoms. The van der Waals surface area contributed by atoms with Crippen LogP contribution in [0, 0.1) is 0 Å². The molecule has 0 saturated heterocycles. The molecule has 148 valence electrons. The zero-order valence-corrected chi connectivity index (χ0v) is 16.5. The number of amides is 1. The summed E-state index contributed by atoms with van der Waals surface area (Å²) in [6.45, 7) is 2.79. The zero-order valence-electron chi connectivity index (χ0n) is 16.5. The predicted octanol–water partition coefficient (Wildman–Crippen LogP) is 4.94. The lowest BCUT2D eigenvalue weighted by molar-refractivity contribution is 0.0648. The fourth-order valence-corrected chi connectivity index (χ4v) is 4.39. The number of fused-ring (bicyclic) bond motifs is 2. The van der Waals surface area contributed by atoms with Crippen LogP contribution in [0.2, 0.25) is 0 Å². The average Bonchev–Trinajstić information content (AvgIpc) is 3.38. The Morgan fingerprint density at radius 1 is 1.21 bits per heavy atom. The predicted molar refractivity (Wildman–Crippen MR) is 112 cm³/mol. The molecule has 1 saturated carbocycles. The maximum Gasteiger partial charge on any atom is 0.254 e. The molecule has 1 aliphatic carbocycles. The number of oxazole rings is 1. The Balaban J connectivity index is 1.48. The lowest BCUT2D eigenvalue weighted by atomic mass is 9.93. The summed E-state index contributed by atoms with van der Waals surface area (Å²) in [5.74, 6) is 0.587. The molecule has 1 aliphatic rings. The van der Waals surface area contributed by atoms with Gasteiger partial charge in [-0.2, -0.15) is 0 Å². The van der Waals surface area contributed by atoms with Crippen LogP contribution in [0.25, 0.3) is 28.3 Å². The summed E-state index contributed by atoms with van der Waals surface area (Å²) in [5.41, 5.74) is 3.66. The third-order valence-corrected chi connectivity index (χ3v) is 5.89. The molecule has 3 heterocycles. The second-order valence-electron chi connectivity index (χ2n) is 7.66. The fraction of sp³-hybridized carbons (Fsp3) is 0.348. The molecule has 1 fully saturated rings. The molecule has 3 aromatic heterocycles.